The number of carbonyl (C=O) groups is 1. The van der Waals surface area contributed by atoms with Crippen LogP contribution in [0.4, 0.5) is 4.39 Å². The number of halogens is 1. The average Bonchev–Trinajstić information content (AvgIpc) is 3.19. The number of amides is 1. The molecule has 3 aliphatic rings. The standard InChI is InChI=1S/C26H29FN3OS.Cs/c1-18-6-11-25(20-7-9-22(27)10-8-20)30(18)26(31)21-13-19(14-21)17-32-24-5-3-2-4-12-29-23(15-24)16-28;/h5,7-10,12,15,19,21,25H,2-4,6,11,13-14,17H2,1H3;/q-1;+1/b23-15-,24-5+,29-12?;/t19?,21?,25-;/m0./s1. The normalized spacial score (nSPS) is 28.6. The summed E-state index contributed by atoms with van der Waals surface area (Å²) in [6, 6.07) is 9.86. The Morgan fingerprint density at radius 2 is 2.06 bits per heavy atom. The monoisotopic (exact) mass is 583 g/mol. The Labute approximate surface area is 259 Å². The van der Waals surface area contributed by atoms with E-state index >= 15 is 0 Å². The number of rotatable bonds is 5. The number of likely N-dealkylation sites (tertiary alicyclic amines) is 1. The second-order valence-electron chi connectivity index (χ2n) is 8.89. The van der Waals surface area contributed by atoms with Gasteiger partial charge in [0.05, 0.1) is 0 Å². The zero-order chi connectivity index (χ0) is 22.5. The number of benzene rings is 1. The maximum absolute atomic E-state index is 13.3. The smallest absolute Gasteiger partial charge is 0.484 e. The molecule has 7 heteroatoms. The van der Waals surface area contributed by atoms with Gasteiger partial charge in [-0.15, -0.1) is 11.8 Å². The van der Waals surface area contributed by atoms with Crippen molar-refractivity contribution < 1.29 is 78.1 Å². The number of nitrogens with zero attached hydrogens (tertiary/aromatic N) is 3. The summed E-state index contributed by atoms with van der Waals surface area (Å²) >= 11 is 1.77. The third-order valence-corrected chi connectivity index (χ3v) is 7.83. The molecule has 1 aliphatic carbocycles. The molecular weight excluding hydrogens is 554 g/mol. The minimum Gasteiger partial charge on any atom is -0.484 e. The van der Waals surface area contributed by atoms with Crippen LogP contribution in [0.1, 0.15) is 63.5 Å². The molecule has 2 aliphatic heterocycles. The molecule has 0 spiro atoms. The van der Waals surface area contributed by atoms with E-state index in [1.165, 1.54) is 12.1 Å². The Morgan fingerprint density at radius 3 is 2.79 bits per heavy atom. The van der Waals surface area contributed by atoms with E-state index in [0.29, 0.717) is 11.6 Å². The van der Waals surface area contributed by atoms with Crippen molar-refractivity contribution in [2.24, 2.45) is 16.8 Å². The fourth-order valence-electron chi connectivity index (χ4n) is 4.70. The summed E-state index contributed by atoms with van der Waals surface area (Å²) in [7, 11) is 0. The van der Waals surface area contributed by atoms with Gasteiger partial charge < -0.3 is 4.90 Å². The van der Waals surface area contributed by atoms with E-state index in [-0.39, 0.29) is 92.6 Å². The molecule has 168 valence electrons. The molecule has 1 atom stereocenters. The van der Waals surface area contributed by atoms with Crippen LogP contribution in [0.15, 0.2) is 52.0 Å². The number of nitriles is 1. The van der Waals surface area contributed by atoms with Crippen LogP contribution in [0, 0.1) is 35.0 Å². The maximum atomic E-state index is 13.3. The summed E-state index contributed by atoms with van der Waals surface area (Å²) in [6.45, 7) is 2.04. The minimum atomic E-state index is -0.247. The molecule has 1 aromatic rings. The van der Waals surface area contributed by atoms with Crippen molar-refractivity contribution in [1.29, 1.82) is 5.26 Å². The third-order valence-electron chi connectivity index (χ3n) is 6.57. The van der Waals surface area contributed by atoms with Gasteiger partial charge in [-0.2, -0.15) is 18.6 Å². The van der Waals surface area contributed by atoms with Crippen LogP contribution in [0.25, 0.3) is 0 Å². The molecule has 0 radical (unpaired) electrons. The molecule has 0 unspecified atom stereocenters. The first kappa shape index (κ1) is 27.3. The number of thioether (sulfide) groups is 1. The van der Waals surface area contributed by atoms with Crippen LogP contribution in [-0.4, -0.2) is 22.8 Å². The third kappa shape index (κ3) is 7.09. The van der Waals surface area contributed by atoms with Crippen LogP contribution < -0.4 is 68.9 Å². The Bertz CT molecular complexity index is 963. The summed E-state index contributed by atoms with van der Waals surface area (Å²) in [6.07, 6.45) is 12.5. The van der Waals surface area contributed by atoms with Crippen molar-refractivity contribution in [3.8, 4) is 6.07 Å². The first-order valence-corrected chi connectivity index (χ1v) is 12.4. The fourth-order valence-corrected chi connectivity index (χ4v) is 5.83. The van der Waals surface area contributed by atoms with Gasteiger partial charge in [0.2, 0.25) is 0 Å². The van der Waals surface area contributed by atoms with Gasteiger partial charge in [-0.3, -0.25) is 4.79 Å². The van der Waals surface area contributed by atoms with Crippen LogP contribution in [0.2, 0.25) is 0 Å². The Balaban J connectivity index is 0.00000306. The Kier molecular flexibility index (Phi) is 10.8. The second kappa shape index (κ2) is 13.1. The molecule has 1 saturated carbocycles. The summed E-state index contributed by atoms with van der Waals surface area (Å²) in [4.78, 5) is 20.6. The Morgan fingerprint density at radius 1 is 1.30 bits per heavy atom. The van der Waals surface area contributed by atoms with Gasteiger partial charge >= 0.3 is 68.9 Å². The molecule has 2 fully saturated rings. The fraction of sp³-hybridized carbons (Fsp3) is 0.462. The van der Waals surface area contributed by atoms with Crippen molar-refractivity contribution >= 4 is 23.9 Å². The van der Waals surface area contributed by atoms with Crippen molar-refractivity contribution in [3.05, 3.63) is 64.4 Å². The molecule has 0 N–H and O–H groups in total. The summed E-state index contributed by atoms with van der Waals surface area (Å²) in [5.41, 5.74) is 1.47. The van der Waals surface area contributed by atoms with Crippen molar-refractivity contribution in [3.63, 3.8) is 0 Å². The largest absolute Gasteiger partial charge is 1.00 e. The quantitative estimate of drug-likeness (QED) is 0.500. The van der Waals surface area contributed by atoms with E-state index in [9.17, 15) is 14.4 Å². The topological polar surface area (TPSA) is 56.5 Å². The van der Waals surface area contributed by atoms with Crippen LogP contribution in [-0.2, 0) is 4.79 Å². The predicted octanol–water partition coefficient (Wildman–Crippen LogP) is 3.35. The van der Waals surface area contributed by atoms with Gasteiger partial charge in [0.15, 0.2) is 5.91 Å². The van der Waals surface area contributed by atoms with E-state index < -0.39 is 0 Å². The molecule has 0 bridgehead atoms. The predicted molar refractivity (Wildman–Crippen MR) is 127 cm³/mol. The molecule has 1 aromatic carbocycles. The van der Waals surface area contributed by atoms with E-state index in [4.69, 9.17) is 0 Å². The first-order valence-electron chi connectivity index (χ1n) is 11.4. The molecule has 1 saturated heterocycles. The molecule has 33 heavy (non-hydrogen) atoms. The van der Waals surface area contributed by atoms with Crippen LogP contribution in [0.3, 0.4) is 0 Å². The van der Waals surface area contributed by atoms with E-state index in [2.05, 4.69) is 17.1 Å². The molecule has 4 rings (SSSR count). The summed E-state index contributed by atoms with van der Waals surface area (Å²) in [5.74, 6) is 1.51. The number of aliphatic imine (C=N–C) groups is 1. The van der Waals surface area contributed by atoms with Crippen LogP contribution in [0.5, 0.6) is 0 Å². The SMILES string of the molecule is C[C-]1CC[C@@H](c2ccc(F)cc2)N1C(=O)C1CC(CSC2=C/CCCC=N/C(C#N)=C\2)C1.[Cs+]. The van der Waals surface area contributed by atoms with Crippen molar-refractivity contribution in [2.75, 3.05) is 5.75 Å². The van der Waals surface area contributed by atoms with E-state index in [0.717, 1.165) is 67.2 Å². The molecule has 2 heterocycles. The molecule has 0 aromatic heterocycles. The number of hydrogen-bond acceptors (Lipinski definition) is 4. The van der Waals surface area contributed by atoms with E-state index in [1.807, 2.05) is 24.1 Å². The molecule has 4 nitrogen and oxygen atoms in total. The Hall–Kier alpha value is -0.338. The van der Waals surface area contributed by atoms with Gasteiger partial charge in [0.1, 0.15) is 17.6 Å². The first-order chi connectivity index (χ1) is 15.5. The molecular formula is C26H29CsFN3OS. The zero-order valence-corrected chi connectivity index (χ0v) is 26.6. The maximum Gasteiger partial charge on any atom is 1.00 e. The number of hydrogen-bond donors (Lipinski definition) is 0. The van der Waals surface area contributed by atoms with Gasteiger partial charge in [-0.1, -0.05) is 24.6 Å². The second-order valence-corrected chi connectivity index (χ2v) is 9.98. The molecule has 1 amide bonds. The number of carbonyl (C=O) groups excluding carboxylic acids is 1. The van der Waals surface area contributed by atoms with Crippen molar-refractivity contribution in [1.82, 2.24) is 4.90 Å². The number of allylic oxidation sites excluding steroid dienone is 3. The van der Waals surface area contributed by atoms with Gasteiger partial charge in [-0.25, -0.2) is 15.4 Å². The van der Waals surface area contributed by atoms with E-state index in [1.54, 1.807) is 23.9 Å². The average molecular weight is 584 g/mol. The van der Waals surface area contributed by atoms with Gasteiger partial charge in [0.25, 0.3) is 0 Å². The minimum absolute atomic E-state index is 0. The van der Waals surface area contributed by atoms with Crippen molar-refractivity contribution in [2.45, 2.75) is 57.9 Å². The zero-order valence-electron chi connectivity index (χ0n) is 19.5. The summed E-state index contributed by atoms with van der Waals surface area (Å²) < 4.78 is 13.3. The van der Waals surface area contributed by atoms with Crippen LogP contribution >= 0.6 is 11.8 Å². The van der Waals surface area contributed by atoms with Gasteiger partial charge in [-0.05, 0) is 61.8 Å². The summed E-state index contributed by atoms with van der Waals surface area (Å²) in [5, 5.41) is 9.26. The van der Waals surface area contributed by atoms with Gasteiger partial charge in [0, 0.05) is 28.8 Å².